The quantitative estimate of drug-likeness (QED) is 0.120. The van der Waals surface area contributed by atoms with Crippen LogP contribution in [0.5, 0.6) is 0 Å². The van der Waals surface area contributed by atoms with Gasteiger partial charge in [0.15, 0.2) is 0 Å². The predicted octanol–water partition coefficient (Wildman–Crippen LogP) is 17.7. The molecule has 14 rings (SSSR count). The van der Waals surface area contributed by atoms with E-state index in [0.717, 1.165) is 0 Å². The lowest BCUT2D eigenvalue weighted by atomic mass is 9.78. The maximum atomic E-state index is 2.59. The summed E-state index contributed by atoms with van der Waals surface area (Å²) in [5, 5.41) is 18.3. The fraction of sp³-hybridized carbons (Fsp3) is 0.0938. The van der Waals surface area contributed by atoms with Crippen molar-refractivity contribution in [2.75, 3.05) is 0 Å². The molecule has 12 aromatic carbocycles. The Morgan fingerprint density at radius 2 is 0.625 bits per heavy atom. The van der Waals surface area contributed by atoms with Gasteiger partial charge in [0.2, 0.25) is 0 Å². The van der Waals surface area contributed by atoms with Gasteiger partial charge in [-0.15, -0.1) is 0 Å². The van der Waals surface area contributed by atoms with Crippen LogP contribution in [0.15, 0.2) is 194 Å². The van der Waals surface area contributed by atoms with Crippen LogP contribution in [-0.2, 0) is 10.8 Å². The second-order valence-electron chi connectivity index (χ2n) is 19.5. The minimum atomic E-state index is -0.234. The molecular weight excluding hydrogens is 769 g/mol. The van der Waals surface area contributed by atoms with Crippen LogP contribution in [0.4, 0.5) is 0 Å². The van der Waals surface area contributed by atoms with E-state index in [1.54, 1.807) is 0 Å². The van der Waals surface area contributed by atoms with Crippen LogP contribution in [0.1, 0.15) is 49.9 Å². The highest BCUT2D eigenvalue weighted by atomic mass is 14.5. The molecule has 0 aliphatic heterocycles. The van der Waals surface area contributed by atoms with Gasteiger partial charge in [-0.05, 0) is 179 Å². The standard InChI is InChI=1S/C64H44/c1-63(2)56-33-51-43-22-10-8-20-41(43)40-19-7-9-21-42(40)50(51)32-52(56)53-34-58-55(36-57(53)63)62-45-24-12-11-23-44(45)54(35-59(62)64(58,3)4)61-48-27-15-13-25-46(48)60(47-26-14-16-28-49(47)61)39-30-29-37-17-5-6-18-38(37)31-39/h5-36H,1-4H3. The summed E-state index contributed by atoms with van der Waals surface area (Å²) in [6.45, 7) is 9.81. The zero-order valence-electron chi connectivity index (χ0n) is 36.5. The molecule has 300 valence electrons. The third-order valence-corrected chi connectivity index (χ3v) is 15.6. The molecule has 0 spiro atoms. The topological polar surface area (TPSA) is 0 Å². The monoisotopic (exact) mass is 812 g/mol. The van der Waals surface area contributed by atoms with Crippen LogP contribution in [0.3, 0.4) is 0 Å². The van der Waals surface area contributed by atoms with Gasteiger partial charge in [-0.1, -0.05) is 185 Å². The first-order chi connectivity index (χ1) is 31.3. The van der Waals surface area contributed by atoms with Crippen molar-refractivity contribution in [2.45, 2.75) is 38.5 Å². The third kappa shape index (κ3) is 4.62. The molecule has 12 aromatic rings. The van der Waals surface area contributed by atoms with E-state index in [9.17, 15) is 0 Å². The zero-order valence-corrected chi connectivity index (χ0v) is 36.5. The van der Waals surface area contributed by atoms with E-state index < -0.39 is 0 Å². The average Bonchev–Trinajstić information content (AvgIpc) is 3.69. The highest BCUT2D eigenvalue weighted by molar-refractivity contribution is 6.27. The highest BCUT2D eigenvalue weighted by Gasteiger charge is 2.43. The third-order valence-electron chi connectivity index (χ3n) is 15.6. The van der Waals surface area contributed by atoms with E-state index in [2.05, 4.69) is 222 Å². The molecule has 0 fully saturated rings. The van der Waals surface area contributed by atoms with E-state index in [1.807, 2.05) is 0 Å². The molecule has 0 heterocycles. The van der Waals surface area contributed by atoms with Crippen molar-refractivity contribution >= 4 is 75.4 Å². The summed E-state index contributed by atoms with van der Waals surface area (Å²) in [7, 11) is 0. The fourth-order valence-corrected chi connectivity index (χ4v) is 12.5. The van der Waals surface area contributed by atoms with E-state index >= 15 is 0 Å². The molecule has 0 atom stereocenters. The van der Waals surface area contributed by atoms with Gasteiger partial charge in [0.25, 0.3) is 0 Å². The van der Waals surface area contributed by atoms with E-state index in [1.165, 1.54) is 142 Å². The van der Waals surface area contributed by atoms with Crippen LogP contribution in [-0.4, -0.2) is 0 Å². The lowest BCUT2D eigenvalue weighted by Gasteiger charge is -2.25. The summed E-state index contributed by atoms with van der Waals surface area (Å²) in [5.41, 5.74) is 15.9. The fourth-order valence-electron chi connectivity index (χ4n) is 12.5. The molecule has 0 N–H and O–H groups in total. The minimum absolute atomic E-state index is 0.173. The van der Waals surface area contributed by atoms with Gasteiger partial charge in [-0.2, -0.15) is 0 Å². The molecule has 64 heavy (non-hydrogen) atoms. The predicted molar refractivity (Wildman–Crippen MR) is 275 cm³/mol. The van der Waals surface area contributed by atoms with Gasteiger partial charge in [-0.3, -0.25) is 0 Å². The van der Waals surface area contributed by atoms with Crippen LogP contribution in [0, 0.1) is 0 Å². The Morgan fingerprint density at radius 3 is 1.23 bits per heavy atom. The molecule has 0 bridgehead atoms. The van der Waals surface area contributed by atoms with Gasteiger partial charge in [-0.25, -0.2) is 0 Å². The number of fused-ring (bicyclic) bond motifs is 17. The van der Waals surface area contributed by atoms with Crippen molar-refractivity contribution in [3.05, 3.63) is 216 Å². The van der Waals surface area contributed by atoms with E-state index in [0.29, 0.717) is 0 Å². The van der Waals surface area contributed by atoms with Gasteiger partial charge < -0.3 is 0 Å². The van der Waals surface area contributed by atoms with E-state index in [-0.39, 0.29) is 10.8 Å². The molecule has 2 aliphatic carbocycles. The van der Waals surface area contributed by atoms with Crippen LogP contribution in [0.2, 0.25) is 0 Å². The zero-order chi connectivity index (χ0) is 42.6. The number of hydrogen-bond acceptors (Lipinski definition) is 0. The molecule has 0 saturated carbocycles. The van der Waals surface area contributed by atoms with Gasteiger partial charge in [0.1, 0.15) is 0 Å². The van der Waals surface area contributed by atoms with Gasteiger partial charge in [0, 0.05) is 10.8 Å². The molecule has 0 heteroatoms. The Bertz CT molecular complexity index is 4010. The van der Waals surface area contributed by atoms with Crippen molar-refractivity contribution in [1.29, 1.82) is 0 Å². The number of rotatable bonds is 2. The summed E-state index contributed by atoms with van der Waals surface area (Å²) < 4.78 is 0. The molecule has 0 aromatic heterocycles. The van der Waals surface area contributed by atoms with Crippen molar-refractivity contribution in [3.8, 4) is 44.5 Å². The van der Waals surface area contributed by atoms with Crippen LogP contribution < -0.4 is 0 Å². The maximum Gasteiger partial charge on any atom is 0.0159 e. The Hall–Kier alpha value is -7.54. The summed E-state index contributed by atoms with van der Waals surface area (Å²) >= 11 is 0. The lowest BCUT2D eigenvalue weighted by Crippen LogP contribution is -2.17. The largest absolute Gasteiger partial charge is 0.0616 e. The Balaban J connectivity index is 1.02. The molecule has 0 radical (unpaired) electrons. The molecule has 2 aliphatic rings. The van der Waals surface area contributed by atoms with Crippen molar-refractivity contribution < 1.29 is 0 Å². The first-order valence-electron chi connectivity index (χ1n) is 22.8. The van der Waals surface area contributed by atoms with E-state index in [4.69, 9.17) is 0 Å². The SMILES string of the molecule is CC1(C)c2cc3c(cc2-c2cc4c5ccccc5c5ccccc5c4cc21)C(C)(C)c1cc(-c2c4ccccc4c(-c4ccc5ccccc5c4)c4ccccc24)c2ccccc2c1-3. The van der Waals surface area contributed by atoms with Crippen molar-refractivity contribution in [3.63, 3.8) is 0 Å². The second-order valence-corrected chi connectivity index (χ2v) is 19.5. The summed E-state index contributed by atoms with van der Waals surface area (Å²) in [4.78, 5) is 0. The van der Waals surface area contributed by atoms with Crippen LogP contribution in [0.25, 0.3) is 120 Å². The first-order valence-corrected chi connectivity index (χ1v) is 22.8. The second kappa shape index (κ2) is 12.6. The summed E-state index contributed by atoms with van der Waals surface area (Å²) in [6, 6.07) is 73.8. The summed E-state index contributed by atoms with van der Waals surface area (Å²) in [6.07, 6.45) is 0. The molecule has 0 amide bonds. The minimum Gasteiger partial charge on any atom is -0.0616 e. The van der Waals surface area contributed by atoms with Crippen molar-refractivity contribution in [2.24, 2.45) is 0 Å². The van der Waals surface area contributed by atoms with Crippen LogP contribution >= 0.6 is 0 Å². The van der Waals surface area contributed by atoms with Crippen molar-refractivity contribution in [1.82, 2.24) is 0 Å². The first kappa shape index (κ1) is 36.0. The molecule has 0 unspecified atom stereocenters. The molecule has 0 saturated heterocycles. The Labute approximate surface area is 373 Å². The maximum absolute atomic E-state index is 2.59. The highest BCUT2D eigenvalue weighted by Crippen LogP contribution is 2.59. The number of hydrogen-bond donors (Lipinski definition) is 0. The Morgan fingerprint density at radius 1 is 0.234 bits per heavy atom. The molecular formula is C64H44. The normalized spacial score (nSPS) is 14.5. The lowest BCUT2D eigenvalue weighted by molar-refractivity contribution is 0.652. The average molecular weight is 813 g/mol. The molecule has 0 nitrogen and oxygen atoms in total. The Kier molecular flexibility index (Phi) is 7.06. The smallest absolute Gasteiger partial charge is 0.0159 e. The van der Waals surface area contributed by atoms with Gasteiger partial charge >= 0.3 is 0 Å². The number of benzene rings is 12. The van der Waals surface area contributed by atoms with Gasteiger partial charge in [0.05, 0.1) is 0 Å². The summed E-state index contributed by atoms with van der Waals surface area (Å²) in [5.74, 6) is 0.